The molecule has 0 bridgehead atoms. The fraction of sp³-hybridized carbons (Fsp3) is 0.250. The molecule has 1 amide bonds. The molecule has 2 heterocycles. The minimum Gasteiger partial charge on any atom is -0.486 e. The normalized spacial score (nSPS) is 15.7. The number of ether oxygens (including phenoxy) is 4. The van der Waals surface area contributed by atoms with Gasteiger partial charge in [0, 0.05) is 6.08 Å². The van der Waals surface area contributed by atoms with Gasteiger partial charge in [0.15, 0.2) is 23.0 Å². The summed E-state index contributed by atoms with van der Waals surface area (Å²) in [7, 11) is 0. The highest BCUT2D eigenvalue weighted by Crippen LogP contribution is 2.34. The van der Waals surface area contributed by atoms with Gasteiger partial charge in [0.25, 0.3) is 0 Å². The van der Waals surface area contributed by atoms with Crippen molar-refractivity contribution >= 4 is 12.0 Å². The molecule has 0 saturated carbocycles. The summed E-state index contributed by atoms with van der Waals surface area (Å²) in [5.41, 5.74) is 1.83. The first-order valence-corrected chi connectivity index (χ1v) is 8.47. The lowest BCUT2D eigenvalue weighted by Gasteiger charge is -2.18. The minimum absolute atomic E-state index is 0.151. The number of hydrogen-bond acceptors (Lipinski definition) is 5. The van der Waals surface area contributed by atoms with Crippen LogP contribution in [0.3, 0.4) is 0 Å². The van der Waals surface area contributed by atoms with Gasteiger partial charge in [-0.2, -0.15) is 0 Å². The van der Waals surface area contributed by atoms with Crippen LogP contribution in [0.1, 0.15) is 24.1 Å². The topological polar surface area (TPSA) is 66.0 Å². The van der Waals surface area contributed by atoms with Crippen LogP contribution in [0.15, 0.2) is 42.5 Å². The largest absolute Gasteiger partial charge is 0.486 e. The van der Waals surface area contributed by atoms with Crippen LogP contribution in [0.25, 0.3) is 6.08 Å². The number of amides is 1. The summed E-state index contributed by atoms with van der Waals surface area (Å²) < 4.78 is 21.7. The van der Waals surface area contributed by atoms with Gasteiger partial charge in [-0.05, 0) is 48.4 Å². The van der Waals surface area contributed by atoms with Crippen molar-refractivity contribution in [3.8, 4) is 23.0 Å². The number of fused-ring (bicyclic) bond motifs is 2. The summed E-state index contributed by atoms with van der Waals surface area (Å²) in [5.74, 6) is 2.69. The molecule has 2 aliphatic heterocycles. The van der Waals surface area contributed by atoms with Crippen LogP contribution in [0, 0.1) is 0 Å². The summed E-state index contributed by atoms with van der Waals surface area (Å²) in [5, 5.41) is 2.94. The lowest BCUT2D eigenvalue weighted by atomic mass is 10.1. The van der Waals surface area contributed by atoms with Gasteiger partial charge in [0.2, 0.25) is 12.7 Å². The number of rotatable bonds is 4. The third-order valence-corrected chi connectivity index (χ3v) is 4.25. The van der Waals surface area contributed by atoms with Crippen molar-refractivity contribution < 1.29 is 23.7 Å². The zero-order valence-corrected chi connectivity index (χ0v) is 14.4. The average Bonchev–Trinajstić information content (AvgIpc) is 3.14. The van der Waals surface area contributed by atoms with E-state index in [4.69, 9.17) is 18.9 Å². The highest BCUT2D eigenvalue weighted by atomic mass is 16.7. The highest BCUT2D eigenvalue weighted by Gasteiger charge is 2.16. The van der Waals surface area contributed by atoms with Gasteiger partial charge in [-0.15, -0.1) is 0 Å². The summed E-state index contributed by atoms with van der Waals surface area (Å²) >= 11 is 0. The van der Waals surface area contributed by atoms with Crippen LogP contribution >= 0.6 is 0 Å². The molecule has 2 aliphatic rings. The molecular weight excluding hydrogens is 334 g/mol. The SMILES string of the molecule is CC(NC(=O)C=Cc1ccc2c(c1)OCCO2)c1ccc2c(c1)OCO2. The second-order valence-corrected chi connectivity index (χ2v) is 6.08. The fourth-order valence-corrected chi connectivity index (χ4v) is 2.86. The zero-order valence-electron chi connectivity index (χ0n) is 14.4. The molecule has 0 saturated heterocycles. The summed E-state index contributed by atoms with van der Waals surface area (Å²) in [6.07, 6.45) is 3.26. The summed E-state index contributed by atoms with van der Waals surface area (Å²) in [6, 6.07) is 11.1. The lowest BCUT2D eigenvalue weighted by Crippen LogP contribution is -2.24. The van der Waals surface area contributed by atoms with E-state index in [0.29, 0.717) is 24.7 Å². The third kappa shape index (κ3) is 3.44. The molecule has 1 unspecified atom stereocenters. The van der Waals surface area contributed by atoms with Crippen LogP contribution in [-0.2, 0) is 4.79 Å². The van der Waals surface area contributed by atoms with Gasteiger partial charge in [0.1, 0.15) is 13.2 Å². The van der Waals surface area contributed by atoms with E-state index in [1.165, 1.54) is 6.08 Å². The first-order valence-electron chi connectivity index (χ1n) is 8.47. The lowest BCUT2D eigenvalue weighted by molar-refractivity contribution is -0.117. The number of carbonyl (C=O) groups excluding carboxylic acids is 1. The molecule has 4 rings (SSSR count). The fourth-order valence-electron chi connectivity index (χ4n) is 2.86. The van der Waals surface area contributed by atoms with Gasteiger partial charge in [-0.1, -0.05) is 12.1 Å². The van der Waals surface area contributed by atoms with Crippen molar-refractivity contribution in [2.75, 3.05) is 20.0 Å². The molecule has 0 aliphatic carbocycles. The van der Waals surface area contributed by atoms with E-state index in [1.807, 2.05) is 43.3 Å². The Hall–Kier alpha value is -3.15. The number of hydrogen-bond donors (Lipinski definition) is 1. The van der Waals surface area contributed by atoms with Crippen LogP contribution in [0.2, 0.25) is 0 Å². The molecule has 6 nitrogen and oxygen atoms in total. The van der Waals surface area contributed by atoms with E-state index in [0.717, 1.165) is 22.6 Å². The number of benzene rings is 2. The van der Waals surface area contributed by atoms with Gasteiger partial charge >= 0.3 is 0 Å². The number of nitrogens with one attached hydrogen (secondary N) is 1. The van der Waals surface area contributed by atoms with E-state index in [9.17, 15) is 4.79 Å². The molecule has 0 radical (unpaired) electrons. The van der Waals surface area contributed by atoms with Crippen molar-refractivity contribution in [1.29, 1.82) is 0 Å². The predicted molar refractivity (Wildman–Crippen MR) is 95.6 cm³/mol. The summed E-state index contributed by atoms with van der Waals surface area (Å²) in [6.45, 7) is 3.25. The first-order chi connectivity index (χ1) is 12.7. The van der Waals surface area contributed by atoms with Gasteiger partial charge in [-0.25, -0.2) is 0 Å². The van der Waals surface area contributed by atoms with Gasteiger partial charge < -0.3 is 24.3 Å². The molecule has 6 heteroatoms. The second kappa shape index (κ2) is 7.00. The second-order valence-electron chi connectivity index (χ2n) is 6.08. The van der Waals surface area contributed by atoms with E-state index in [-0.39, 0.29) is 18.7 Å². The highest BCUT2D eigenvalue weighted by molar-refractivity contribution is 5.92. The van der Waals surface area contributed by atoms with Crippen molar-refractivity contribution in [1.82, 2.24) is 5.32 Å². The maximum Gasteiger partial charge on any atom is 0.244 e. The standard InChI is InChI=1S/C20H19NO5/c1-13(15-4-6-17-19(11-15)26-12-25-17)21-20(22)7-3-14-2-5-16-18(10-14)24-9-8-23-16/h2-7,10-11,13H,8-9,12H2,1H3,(H,21,22). The molecule has 1 atom stereocenters. The third-order valence-electron chi connectivity index (χ3n) is 4.25. The maximum absolute atomic E-state index is 12.2. The Morgan fingerprint density at radius 3 is 2.54 bits per heavy atom. The Kier molecular flexibility index (Phi) is 4.39. The smallest absolute Gasteiger partial charge is 0.244 e. The molecule has 0 aromatic heterocycles. The molecule has 134 valence electrons. The molecule has 26 heavy (non-hydrogen) atoms. The molecule has 0 fully saturated rings. The Morgan fingerprint density at radius 1 is 0.962 bits per heavy atom. The van der Waals surface area contributed by atoms with E-state index < -0.39 is 0 Å². The molecule has 2 aromatic rings. The Labute approximate surface area is 151 Å². The maximum atomic E-state index is 12.2. The van der Waals surface area contributed by atoms with Crippen LogP contribution in [0.5, 0.6) is 23.0 Å². The van der Waals surface area contributed by atoms with Crippen LogP contribution in [0.4, 0.5) is 0 Å². The monoisotopic (exact) mass is 353 g/mol. The van der Waals surface area contributed by atoms with Crippen molar-refractivity contribution in [2.45, 2.75) is 13.0 Å². The van der Waals surface area contributed by atoms with Crippen molar-refractivity contribution in [3.63, 3.8) is 0 Å². The summed E-state index contributed by atoms with van der Waals surface area (Å²) in [4.78, 5) is 12.2. The zero-order chi connectivity index (χ0) is 17.9. The van der Waals surface area contributed by atoms with Crippen LogP contribution < -0.4 is 24.3 Å². The van der Waals surface area contributed by atoms with Crippen LogP contribution in [-0.4, -0.2) is 25.9 Å². The van der Waals surface area contributed by atoms with Crippen molar-refractivity contribution in [2.24, 2.45) is 0 Å². The molecule has 1 N–H and O–H groups in total. The van der Waals surface area contributed by atoms with E-state index >= 15 is 0 Å². The Morgan fingerprint density at radius 2 is 1.65 bits per heavy atom. The van der Waals surface area contributed by atoms with Gasteiger partial charge in [-0.3, -0.25) is 4.79 Å². The first kappa shape index (κ1) is 16.3. The average molecular weight is 353 g/mol. The predicted octanol–water partition coefficient (Wildman–Crippen LogP) is 3.08. The number of carbonyl (C=O) groups is 1. The Bertz CT molecular complexity index is 861. The van der Waals surface area contributed by atoms with E-state index in [2.05, 4.69) is 5.32 Å². The van der Waals surface area contributed by atoms with Crippen molar-refractivity contribution in [3.05, 3.63) is 53.6 Å². The minimum atomic E-state index is -0.176. The molecular formula is C20H19NO5. The quantitative estimate of drug-likeness (QED) is 0.856. The Balaban J connectivity index is 1.39. The van der Waals surface area contributed by atoms with Gasteiger partial charge in [0.05, 0.1) is 6.04 Å². The van der Waals surface area contributed by atoms with E-state index in [1.54, 1.807) is 6.08 Å². The molecule has 0 spiro atoms. The molecule has 2 aromatic carbocycles.